The first-order chi connectivity index (χ1) is 12.5. The fourth-order valence-electron chi connectivity index (χ4n) is 2.42. The summed E-state index contributed by atoms with van der Waals surface area (Å²) in [6.45, 7) is 8.29. The highest BCUT2D eigenvalue weighted by Crippen LogP contribution is 2.29. The van der Waals surface area contributed by atoms with Gasteiger partial charge < -0.3 is 9.57 Å². The molecule has 0 fully saturated rings. The molecule has 0 bridgehead atoms. The smallest absolute Gasteiger partial charge is 0.184 e. The molecule has 0 N–H and O–H groups in total. The monoisotopic (exact) mass is 355 g/mol. The van der Waals surface area contributed by atoms with Crippen LogP contribution in [0.2, 0.25) is 0 Å². The van der Waals surface area contributed by atoms with E-state index in [4.69, 9.17) is 19.3 Å². The zero-order valence-corrected chi connectivity index (χ0v) is 15.9. The van der Waals surface area contributed by atoms with E-state index < -0.39 is 0 Å². The van der Waals surface area contributed by atoms with Crippen molar-refractivity contribution in [3.05, 3.63) is 65.2 Å². The molecule has 0 radical (unpaired) electrons. The van der Waals surface area contributed by atoms with E-state index in [1.54, 1.807) is 0 Å². The van der Waals surface area contributed by atoms with Gasteiger partial charge in [-0.3, -0.25) is 9.78 Å². The molecule has 0 heterocycles. The van der Waals surface area contributed by atoms with Crippen LogP contribution in [0.3, 0.4) is 0 Å². The van der Waals surface area contributed by atoms with Crippen LogP contribution in [0.15, 0.2) is 53.7 Å². The number of oxime groups is 1. The van der Waals surface area contributed by atoms with Gasteiger partial charge in [0.2, 0.25) is 0 Å². The van der Waals surface area contributed by atoms with Gasteiger partial charge in [0.05, 0.1) is 5.71 Å². The molecule has 0 saturated carbocycles. The van der Waals surface area contributed by atoms with Crippen LogP contribution in [0.1, 0.15) is 30.5 Å². The van der Waals surface area contributed by atoms with Gasteiger partial charge in [-0.15, -0.1) is 0 Å². The summed E-state index contributed by atoms with van der Waals surface area (Å²) in [5.74, 6) is 2.07. The molecule has 0 atom stereocenters. The van der Waals surface area contributed by atoms with Gasteiger partial charge in [-0.2, -0.15) is 0 Å². The summed E-state index contributed by atoms with van der Waals surface area (Å²) in [6, 6.07) is 11.3. The number of allylic oxidation sites excluding steroid dienone is 1. The number of hydrogen-bond acceptors (Lipinski definition) is 5. The Balaban J connectivity index is 2.10. The fraction of sp³-hybridized carbons (Fsp3) is 0.286. The van der Waals surface area contributed by atoms with Crippen LogP contribution in [0.4, 0.5) is 0 Å². The number of aryl methyl sites for hydroxylation is 2. The first-order valence-electron chi connectivity index (χ1n) is 8.43. The van der Waals surface area contributed by atoms with E-state index >= 15 is 0 Å². The van der Waals surface area contributed by atoms with Crippen molar-refractivity contribution >= 4 is 5.71 Å². The average molecular weight is 355 g/mol. The first kappa shape index (κ1) is 19.4. The highest BCUT2D eigenvalue weighted by atomic mass is 17.2. The molecule has 5 nitrogen and oxygen atoms in total. The van der Waals surface area contributed by atoms with Crippen molar-refractivity contribution in [2.75, 3.05) is 13.7 Å². The van der Waals surface area contributed by atoms with Crippen molar-refractivity contribution in [2.24, 2.45) is 5.16 Å². The molecule has 0 aliphatic rings. The van der Waals surface area contributed by atoms with Crippen molar-refractivity contribution < 1.29 is 19.3 Å². The summed E-state index contributed by atoms with van der Waals surface area (Å²) in [5.41, 5.74) is 3.53. The van der Waals surface area contributed by atoms with Crippen LogP contribution < -0.4 is 14.5 Å². The van der Waals surface area contributed by atoms with E-state index in [0.717, 1.165) is 28.2 Å². The Labute approximate surface area is 154 Å². The molecule has 0 saturated heterocycles. The topological polar surface area (TPSA) is 49.3 Å². The molecule has 2 aromatic rings. The molecule has 2 aromatic carbocycles. The van der Waals surface area contributed by atoms with Gasteiger partial charge in [-0.1, -0.05) is 29.4 Å². The van der Waals surface area contributed by atoms with E-state index in [0.29, 0.717) is 18.1 Å². The number of rotatable bonds is 8. The lowest BCUT2D eigenvalue weighted by Gasteiger charge is -2.13. The standard InChI is InChI=1S/C21H25NO4/c1-6-7-11-24-20-12-15(2)21(16(3)13-20)26-25-19-10-8-9-18(14-19)17(4)22-23-5/h6-10,12-14H,11H2,1-5H3/b7-6+,22-17?. The highest BCUT2D eigenvalue weighted by molar-refractivity contribution is 5.98. The van der Waals surface area contributed by atoms with Crippen molar-refractivity contribution in [2.45, 2.75) is 27.7 Å². The molecular weight excluding hydrogens is 330 g/mol. The second kappa shape index (κ2) is 9.51. The molecule has 0 aromatic heterocycles. The van der Waals surface area contributed by atoms with E-state index in [1.807, 2.05) is 76.2 Å². The number of nitrogens with zero attached hydrogens (tertiary/aromatic N) is 1. The SMILES string of the molecule is C/C=C/COc1cc(C)c(OOc2cccc(C(C)=NOC)c2)c(C)c1. The lowest BCUT2D eigenvalue weighted by atomic mass is 10.1. The predicted molar refractivity (Wildman–Crippen MR) is 103 cm³/mol. The minimum Gasteiger partial charge on any atom is -0.490 e. The molecule has 5 heteroatoms. The lowest BCUT2D eigenvalue weighted by Crippen LogP contribution is -2.05. The van der Waals surface area contributed by atoms with Crippen molar-refractivity contribution in [3.63, 3.8) is 0 Å². The average Bonchev–Trinajstić information content (AvgIpc) is 2.62. The van der Waals surface area contributed by atoms with Gasteiger partial charge in [-0.25, -0.2) is 0 Å². The van der Waals surface area contributed by atoms with E-state index in [1.165, 1.54) is 7.11 Å². The van der Waals surface area contributed by atoms with Crippen LogP contribution >= 0.6 is 0 Å². The summed E-state index contributed by atoms with van der Waals surface area (Å²) < 4.78 is 5.68. The Bertz CT molecular complexity index is 773. The van der Waals surface area contributed by atoms with Gasteiger partial charge in [-0.05, 0) is 52.0 Å². The zero-order chi connectivity index (χ0) is 18.9. The first-order valence-corrected chi connectivity index (χ1v) is 8.43. The molecule has 0 aliphatic carbocycles. The molecule has 0 unspecified atom stereocenters. The quantitative estimate of drug-likeness (QED) is 0.289. The maximum absolute atomic E-state index is 5.68. The van der Waals surface area contributed by atoms with E-state index in [2.05, 4.69) is 5.16 Å². The molecule has 2 rings (SSSR count). The van der Waals surface area contributed by atoms with Crippen LogP contribution in [-0.2, 0) is 4.84 Å². The zero-order valence-electron chi connectivity index (χ0n) is 15.9. The molecule has 0 aliphatic heterocycles. The Hall–Kier alpha value is -2.95. The summed E-state index contributed by atoms with van der Waals surface area (Å²) in [6.07, 6.45) is 3.91. The summed E-state index contributed by atoms with van der Waals surface area (Å²) in [7, 11) is 1.52. The molecular formula is C21H25NO4. The summed E-state index contributed by atoms with van der Waals surface area (Å²) in [5, 5.41) is 3.92. The number of hydrogen-bond donors (Lipinski definition) is 0. The summed E-state index contributed by atoms with van der Waals surface area (Å²) in [4.78, 5) is 15.9. The third kappa shape index (κ3) is 5.28. The lowest BCUT2D eigenvalue weighted by molar-refractivity contribution is -0.101. The molecule has 0 amide bonds. The van der Waals surface area contributed by atoms with Gasteiger partial charge >= 0.3 is 0 Å². The minimum absolute atomic E-state index is 0.543. The van der Waals surface area contributed by atoms with Crippen molar-refractivity contribution in [1.82, 2.24) is 0 Å². The van der Waals surface area contributed by atoms with Gasteiger partial charge in [0.1, 0.15) is 19.5 Å². The fourth-order valence-corrected chi connectivity index (χ4v) is 2.42. The maximum atomic E-state index is 5.68. The number of benzene rings is 2. The third-order valence-electron chi connectivity index (χ3n) is 3.72. The Morgan fingerprint density at radius 1 is 1.04 bits per heavy atom. The van der Waals surface area contributed by atoms with Crippen molar-refractivity contribution in [1.29, 1.82) is 0 Å². The van der Waals surface area contributed by atoms with Crippen LogP contribution in [-0.4, -0.2) is 19.4 Å². The van der Waals surface area contributed by atoms with Gasteiger partial charge in [0.15, 0.2) is 11.5 Å². The molecule has 26 heavy (non-hydrogen) atoms. The Morgan fingerprint density at radius 2 is 1.77 bits per heavy atom. The van der Waals surface area contributed by atoms with Crippen LogP contribution in [0, 0.1) is 13.8 Å². The largest absolute Gasteiger partial charge is 0.490 e. The van der Waals surface area contributed by atoms with Gasteiger partial charge in [0.25, 0.3) is 0 Å². The van der Waals surface area contributed by atoms with Crippen LogP contribution in [0.25, 0.3) is 0 Å². The highest BCUT2D eigenvalue weighted by Gasteiger charge is 2.10. The Morgan fingerprint density at radius 3 is 2.42 bits per heavy atom. The molecule has 0 spiro atoms. The second-order valence-electron chi connectivity index (χ2n) is 5.82. The second-order valence-corrected chi connectivity index (χ2v) is 5.82. The normalized spacial score (nSPS) is 11.5. The number of ether oxygens (including phenoxy) is 1. The maximum Gasteiger partial charge on any atom is 0.184 e. The summed E-state index contributed by atoms with van der Waals surface area (Å²) >= 11 is 0. The van der Waals surface area contributed by atoms with Crippen LogP contribution in [0.5, 0.6) is 17.2 Å². The van der Waals surface area contributed by atoms with Crippen molar-refractivity contribution in [3.8, 4) is 17.2 Å². The van der Waals surface area contributed by atoms with E-state index in [9.17, 15) is 0 Å². The predicted octanol–water partition coefficient (Wildman–Crippen LogP) is 5.00. The third-order valence-corrected chi connectivity index (χ3v) is 3.72. The molecule has 138 valence electrons. The minimum atomic E-state index is 0.543. The Kier molecular flexibility index (Phi) is 7.09. The van der Waals surface area contributed by atoms with E-state index in [-0.39, 0.29) is 0 Å². The van der Waals surface area contributed by atoms with Gasteiger partial charge in [0, 0.05) is 16.7 Å².